The van der Waals surface area contributed by atoms with E-state index in [1.54, 1.807) is 0 Å². The van der Waals surface area contributed by atoms with Crippen LogP contribution in [0.25, 0.3) is 11.0 Å². The molecule has 2 heterocycles. The molecule has 0 atom stereocenters. The van der Waals surface area contributed by atoms with Gasteiger partial charge in [-0.05, 0) is 73.7 Å². The number of anilines is 1. The molecule has 37 heavy (non-hydrogen) atoms. The van der Waals surface area contributed by atoms with Crippen molar-refractivity contribution in [3.05, 3.63) is 46.6 Å². The summed E-state index contributed by atoms with van der Waals surface area (Å²) in [5.74, 6) is -0.678. The molecule has 3 aromatic rings. The second kappa shape index (κ2) is 10.6. The number of esters is 1. The first-order valence-electron chi connectivity index (χ1n) is 11.6. The van der Waals surface area contributed by atoms with E-state index in [2.05, 4.69) is 25.5 Å². The Morgan fingerprint density at radius 3 is 2.43 bits per heavy atom. The molecule has 0 radical (unpaired) electrons. The molecule has 3 fully saturated rings. The predicted molar refractivity (Wildman–Crippen MR) is 135 cm³/mol. The molecule has 0 aliphatic heterocycles. The van der Waals surface area contributed by atoms with Gasteiger partial charge in [0.05, 0.1) is 17.5 Å². The second-order valence-electron chi connectivity index (χ2n) is 9.41. The Bertz CT molecular complexity index is 1340. The van der Waals surface area contributed by atoms with E-state index in [-0.39, 0.29) is 44.8 Å². The number of rotatable bonds is 5. The van der Waals surface area contributed by atoms with E-state index >= 15 is 0 Å². The van der Waals surface area contributed by atoms with Gasteiger partial charge in [0.15, 0.2) is 11.5 Å². The number of hydrogen-bond acceptors (Lipinski definition) is 8. The van der Waals surface area contributed by atoms with Gasteiger partial charge in [-0.1, -0.05) is 11.6 Å². The Kier molecular flexibility index (Phi) is 7.65. The number of ether oxygens (including phenoxy) is 1. The molecule has 196 valence electrons. The molecule has 3 saturated carbocycles. The Morgan fingerprint density at radius 2 is 1.84 bits per heavy atom. The van der Waals surface area contributed by atoms with Crippen molar-refractivity contribution in [2.45, 2.75) is 38.5 Å². The minimum atomic E-state index is -0.646. The number of nitrogen functional groups attached to an aromatic ring is 1. The molecule has 0 spiro atoms. The van der Waals surface area contributed by atoms with E-state index < -0.39 is 11.1 Å². The van der Waals surface area contributed by atoms with Gasteiger partial charge < -0.3 is 15.8 Å². The summed E-state index contributed by atoms with van der Waals surface area (Å²) in [5.41, 5.74) is 6.79. The van der Waals surface area contributed by atoms with Crippen molar-refractivity contribution in [1.82, 2.24) is 25.5 Å². The van der Waals surface area contributed by atoms with E-state index in [0.29, 0.717) is 17.6 Å². The summed E-state index contributed by atoms with van der Waals surface area (Å²) in [6, 6.07) is 3.56. The molecule has 2 bridgehead atoms. The summed E-state index contributed by atoms with van der Waals surface area (Å²) in [6.45, 7) is 0.568. The number of methoxy groups -OCH3 is 1. The van der Waals surface area contributed by atoms with E-state index in [9.17, 15) is 18.8 Å². The standard InChI is InChI=1S/C17H22N6O3.C7H3Cl2FO/c1-26-15(25)17-5-2-16(3-6-17,4-7-17)8-19-14(24)12-10-11(20-9-21-12)13(18)23-22-10;8-5-3-4(7(9)11)1-2-6(5)10/h9H,2-8H2,1H3,(H,19,24)(H3,18,22,23);1-3H. The summed E-state index contributed by atoms with van der Waals surface area (Å²) in [5, 5.41) is 8.86. The minimum absolute atomic E-state index is 0.0462. The number of nitrogens with one attached hydrogen (secondary N) is 2. The van der Waals surface area contributed by atoms with Crippen LogP contribution < -0.4 is 11.1 Å². The van der Waals surface area contributed by atoms with Crippen molar-refractivity contribution in [2.24, 2.45) is 10.8 Å². The molecule has 2 aromatic heterocycles. The van der Waals surface area contributed by atoms with Gasteiger partial charge in [-0.25, -0.2) is 14.4 Å². The largest absolute Gasteiger partial charge is 0.469 e. The summed E-state index contributed by atoms with van der Waals surface area (Å²) in [4.78, 5) is 43.4. The van der Waals surface area contributed by atoms with E-state index in [0.717, 1.165) is 44.6 Å². The van der Waals surface area contributed by atoms with Crippen molar-refractivity contribution in [3.8, 4) is 0 Å². The Labute approximate surface area is 221 Å². The van der Waals surface area contributed by atoms with Crippen molar-refractivity contribution < 1.29 is 23.5 Å². The number of nitrogens with zero attached hydrogens (tertiary/aromatic N) is 3. The van der Waals surface area contributed by atoms with Crippen LogP contribution in [0, 0.1) is 16.6 Å². The monoisotopic (exact) mass is 550 g/mol. The van der Waals surface area contributed by atoms with Crippen molar-refractivity contribution in [2.75, 3.05) is 19.4 Å². The van der Waals surface area contributed by atoms with Crippen LogP contribution >= 0.6 is 23.2 Å². The maximum Gasteiger partial charge on any atom is 0.311 e. The number of hydrogen-bond donors (Lipinski definition) is 3. The molecule has 13 heteroatoms. The van der Waals surface area contributed by atoms with Gasteiger partial charge in [0.1, 0.15) is 23.2 Å². The average molecular weight is 551 g/mol. The number of halogens is 3. The second-order valence-corrected chi connectivity index (χ2v) is 10.2. The van der Waals surface area contributed by atoms with E-state index in [1.807, 2.05) is 0 Å². The third kappa shape index (κ3) is 5.37. The number of aromatic amines is 1. The fraction of sp³-hybridized carbons (Fsp3) is 0.417. The highest BCUT2D eigenvalue weighted by molar-refractivity contribution is 6.67. The molecule has 0 unspecified atom stereocenters. The highest BCUT2D eigenvalue weighted by atomic mass is 35.5. The zero-order chi connectivity index (χ0) is 26.8. The summed E-state index contributed by atoms with van der Waals surface area (Å²) < 4.78 is 17.5. The number of benzene rings is 1. The predicted octanol–water partition coefficient (Wildman–Crippen LogP) is 4.04. The molecule has 4 N–H and O–H groups in total. The minimum Gasteiger partial charge on any atom is -0.469 e. The average Bonchev–Trinajstić information content (AvgIpc) is 3.30. The highest BCUT2D eigenvalue weighted by Crippen LogP contribution is 2.57. The summed E-state index contributed by atoms with van der Waals surface area (Å²) in [6.07, 6.45) is 6.53. The number of amides is 1. The van der Waals surface area contributed by atoms with Gasteiger partial charge in [0.25, 0.3) is 11.1 Å². The number of carbonyl (C=O) groups excluding carboxylic acids is 3. The lowest BCUT2D eigenvalue weighted by Crippen LogP contribution is -2.50. The van der Waals surface area contributed by atoms with Crippen LogP contribution in [0.2, 0.25) is 5.02 Å². The smallest absolute Gasteiger partial charge is 0.311 e. The molecule has 1 amide bonds. The van der Waals surface area contributed by atoms with Gasteiger partial charge in [0, 0.05) is 12.1 Å². The first-order valence-corrected chi connectivity index (χ1v) is 12.3. The van der Waals surface area contributed by atoms with Crippen LogP contribution in [0.3, 0.4) is 0 Å². The highest BCUT2D eigenvalue weighted by Gasteiger charge is 2.53. The lowest BCUT2D eigenvalue weighted by atomic mass is 9.53. The van der Waals surface area contributed by atoms with Crippen molar-refractivity contribution in [1.29, 1.82) is 0 Å². The quantitative estimate of drug-likeness (QED) is 0.317. The fourth-order valence-corrected chi connectivity index (χ4v) is 5.35. The molecule has 3 aliphatic rings. The summed E-state index contributed by atoms with van der Waals surface area (Å²) in [7, 11) is 1.46. The fourth-order valence-electron chi connectivity index (χ4n) is 5.05. The Morgan fingerprint density at radius 1 is 1.16 bits per heavy atom. The third-order valence-electron chi connectivity index (χ3n) is 7.38. The normalized spacial score (nSPS) is 22.2. The maximum atomic E-state index is 12.6. The number of nitrogens with two attached hydrogens (primary N) is 1. The van der Waals surface area contributed by atoms with E-state index in [4.69, 9.17) is 33.7 Å². The maximum absolute atomic E-state index is 12.6. The SMILES string of the molecule is COC(=O)C12CCC(CNC(=O)c3ncnc4c(N)n[nH]c34)(CC1)CC2.O=C(Cl)c1ccc(F)c(Cl)c1. The van der Waals surface area contributed by atoms with Crippen LogP contribution in [-0.4, -0.2) is 50.9 Å². The number of carbonyl (C=O) groups is 3. The van der Waals surface area contributed by atoms with Crippen LogP contribution in [-0.2, 0) is 9.53 Å². The van der Waals surface area contributed by atoms with Gasteiger partial charge >= 0.3 is 5.97 Å². The zero-order valence-corrected chi connectivity index (χ0v) is 21.5. The molecular weight excluding hydrogens is 526 g/mol. The molecule has 10 nitrogen and oxygen atoms in total. The molecule has 0 saturated heterocycles. The molecule has 3 aliphatic carbocycles. The molecule has 1 aromatic carbocycles. The van der Waals surface area contributed by atoms with Crippen LogP contribution in [0.4, 0.5) is 10.2 Å². The van der Waals surface area contributed by atoms with Gasteiger partial charge in [-0.15, -0.1) is 0 Å². The van der Waals surface area contributed by atoms with Crippen LogP contribution in [0.1, 0.15) is 59.4 Å². The lowest BCUT2D eigenvalue weighted by molar-refractivity contribution is -0.162. The van der Waals surface area contributed by atoms with Crippen LogP contribution in [0.15, 0.2) is 24.5 Å². The van der Waals surface area contributed by atoms with Crippen molar-refractivity contribution in [3.63, 3.8) is 0 Å². The molecule has 6 rings (SSSR count). The first-order chi connectivity index (χ1) is 17.6. The molecular formula is C24H25Cl2FN6O4. The first kappa shape index (κ1) is 26.7. The number of fused-ring (bicyclic) bond motifs is 4. The Hall–Kier alpha value is -3.31. The number of aromatic nitrogens is 4. The Balaban J connectivity index is 0.000000245. The van der Waals surface area contributed by atoms with E-state index in [1.165, 1.54) is 25.6 Å². The number of H-pyrrole nitrogens is 1. The van der Waals surface area contributed by atoms with Gasteiger partial charge in [0.2, 0.25) is 0 Å². The topological polar surface area (TPSA) is 153 Å². The van der Waals surface area contributed by atoms with Crippen molar-refractivity contribution >= 4 is 57.2 Å². The third-order valence-corrected chi connectivity index (χ3v) is 7.89. The van der Waals surface area contributed by atoms with Crippen LogP contribution in [0.5, 0.6) is 0 Å². The van der Waals surface area contributed by atoms with Gasteiger partial charge in [-0.3, -0.25) is 19.5 Å². The summed E-state index contributed by atoms with van der Waals surface area (Å²) >= 11 is 10.5. The van der Waals surface area contributed by atoms with Gasteiger partial charge in [-0.2, -0.15) is 5.10 Å². The lowest BCUT2D eigenvalue weighted by Gasteiger charge is -2.51. The zero-order valence-electron chi connectivity index (χ0n) is 19.9.